The van der Waals surface area contributed by atoms with Crippen LogP contribution in [0, 0.1) is 5.92 Å². The topological polar surface area (TPSA) is 59.2 Å². The Morgan fingerprint density at radius 1 is 1.62 bits per heavy atom. The van der Waals surface area contributed by atoms with Crippen LogP contribution in [0.25, 0.3) is 0 Å². The van der Waals surface area contributed by atoms with E-state index in [1.54, 1.807) is 18.3 Å². The maximum absolute atomic E-state index is 12.1. The molecule has 16 heavy (non-hydrogen) atoms. The highest BCUT2D eigenvalue weighted by Gasteiger charge is 2.21. The van der Waals surface area contributed by atoms with E-state index in [1.807, 2.05) is 4.90 Å². The van der Waals surface area contributed by atoms with Crippen molar-refractivity contribution >= 4 is 11.7 Å². The summed E-state index contributed by atoms with van der Waals surface area (Å²) in [6, 6.07) is 3.36. The van der Waals surface area contributed by atoms with Crippen molar-refractivity contribution in [2.45, 2.75) is 19.8 Å². The van der Waals surface area contributed by atoms with Crippen LogP contribution >= 0.6 is 0 Å². The van der Waals surface area contributed by atoms with E-state index in [-0.39, 0.29) is 5.91 Å². The first-order valence-electron chi connectivity index (χ1n) is 5.67. The van der Waals surface area contributed by atoms with Crippen molar-refractivity contribution in [2.24, 2.45) is 5.92 Å². The summed E-state index contributed by atoms with van der Waals surface area (Å²) in [4.78, 5) is 17.9. The van der Waals surface area contributed by atoms with Crippen LogP contribution in [0.5, 0.6) is 0 Å². The normalized spacial score (nSPS) is 20.8. The van der Waals surface area contributed by atoms with Crippen LogP contribution in [0.2, 0.25) is 0 Å². The lowest BCUT2D eigenvalue weighted by Crippen LogP contribution is -2.39. The van der Waals surface area contributed by atoms with Crippen LogP contribution in [-0.2, 0) is 0 Å². The minimum atomic E-state index is 0.0700. The van der Waals surface area contributed by atoms with Crippen molar-refractivity contribution in [2.75, 3.05) is 18.8 Å². The van der Waals surface area contributed by atoms with Crippen LogP contribution in [0.3, 0.4) is 0 Å². The Balaban J connectivity index is 2.12. The van der Waals surface area contributed by atoms with E-state index in [9.17, 15) is 4.79 Å². The first kappa shape index (κ1) is 10.9. The van der Waals surface area contributed by atoms with Crippen LogP contribution in [0.15, 0.2) is 18.3 Å². The molecule has 86 valence electrons. The highest BCUT2D eigenvalue weighted by Crippen LogP contribution is 2.18. The molecule has 1 aromatic rings. The van der Waals surface area contributed by atoms with Gasteiger partial charge in [-0.05, 0) is 30.9 Å². The van der Waals surface area contributed by atoms with E-state index >= 15 is 0 Å². The number of nitrogen functional groups attached to an aromatic ring is 1. The number of pyridine rings is 1. The number of rotatable bonds is 1. The molecule has 1 amide bonds. The van der Waals surface area contributed by atoms with Gasteiger partial charge >= 0.3 is 0 Å². The lowest BCUT2D eigenvalue weighted by Gasteiger charge is -2.31. The predicted molar refractivity (Wildman–Crippen MR) is 63.0 cm³/mol. The smallest absolute Gasteiger partial charge is 0.254 e. The number of aromatic nitrogens is 1. The summed E-state index contributed by atoms with van der Waals surface area (Å²) in [5.41, 5.74) is 6.21. The van der Waals surface area contributed by atoms with Gasteiger partial charge in [0.15, 0.2) is 0 Å². The highest BCUT2D eigenvalue weighted by atomic mass is 16.2. The van der Waals surface area contributed by atoms with Gasteiger partial charge in [0.2, 0.25) is 0 Å². The maximum Gasteiger partial charge on any atom is 0.254 e. The van der Waals surface area contributed by atoms with E-state index in [1.165, 1.54) is 6.42 Å². The fourth-order valence-electron chi connectivity index (χ4n) is 2.14. The number of carbonyl (C=O) groups is 1. The first-order chi connectivity index (χ1) is 7.66. The number of carbonyl (C=O) groups excluding carboxylic acids is 1. The Morgan fingerprint density at radius 3 is 3.12 bits per heavy atom. The fourth-order valence-corrected chi connectivity index (χ4v) is 2.14. The fraction of sp³-hybridized carbons (Fsp3) is 0.500. The number of anilines is 1. The molecule has 2 rings (SSSR count). The average molecular weight is 219 g/mol. The number of hydrogen-bond donors (Lipinski definition) is 1. The molecule has 0 spiro atoms. The maximum atomic E-state index is 12.1. The van der Waals surface area contributed by atoms with Gasteiger partial charge in [0.25, 0.3) is 5.91 Å². The second kappa shape index (κ2) is 4.51. The lowest BCUT2D eigenvalue weighted by molar-refractivity contribution is 0.0683. The molecule has 0 radical (unpaired) electrons. The van der Waals surface area contributed by atoms with E-state index in [4.69, 9.17) is 5.73 Å². The van der Waals surface area contributed by atoms with E-state index < -0.39 is 0 Å². The van der Waals surface area contributed by atoms with Crippen LogP contribution in [0.4, 0.5) is 5.82 Å². The monoisotopic (exact) mass is 219 g/mol. The Bertz CT molecular complexity index is 392. The Labute approximate surface area is 95.5 Å². The van der Waals surface area contributed by atoms with Gasteiger partial charge < -0.3 is 10.6 Å². The van der Waals surface area contributed by atoms with Crippen molar-refractivity contribution in [3.05, 3.63) is 23.9 Å². The van der Waals surface area contributed by atoms with E-state index in [0.717, 1.165) is 19.5 Å². The van der Waals surface area contributed by atoms with Crippen LogP contribution in [-0.4, -0.2) is 28.9 Å². The SMILES string of the molecule is CC1CCCN(C(=O)c2ccnc(N)c2)C1. The second-order valence-corrected chi connectivity index (χ2v) is 4.47. The molecule has 1 atom stereocenters. The van der Waals surface area contributed by atoms with Crippen molar-refractivity contribution in [3.8, 4) is 0 Å². The molecule has 4 heteroatoms. The molecule has 4 nitrogen and oxygen atoms in total. The van der Waals surface area contributed by atoms with Gasteiger partial charge in [-0.3, -0.25) is 4.79 Å². The molecule has 0 saturated carbocycles. The Kier molecular flexibility index (Phi) is 3.08. The molecule has 1 aromatic heterocycles. The number of likely N-dealkylation sites (tertiary alicyclic amines) is 1. The third-order valence-corrected chi connectivity index (χ3v) is 2.97. The van der Waals surface area contributed by atoms with Gasteiger partial charge in [-0.25, -0.2) is 4.98 Å². The summed E-state index contributed by atoms with van der Waals surface area (Å²) in [6.45, 7) is 3.88. The molecule has 1 fully saturated rings. The van der Waals surface area contributed by atoms with Crippen LogP contribution < -0.4 is 5.73 Å². The quantitative estimate of drug-likeness (QED) is 0.779. The molecule has 1 saturated heterocycles. The highest BCUT2D eigenvalue weighted by molar-refractivity contribution is 5.94. The summed E-state index contributed by atoms with van der Waals surface area (Å²) in [6.07, 6.45) is 3.88. The third kappa shape index (κ3) is 2.32. The van der Waals surface area contributed by atoms with Crippen molar-refractivity contribution in [3.63, 3.8) is 0 Å². The van der Waals surface area contributed by atoms with Crippen molar-refractivity contribution in [1.29, 1.82) is 0 Å². The van der Waals surface area contributed by atoms with Gasteiger partial charge in [0.05, 0.1) is 0 Å². The summed E-state index contributed by atoms with van der Waals surface area (Å²) < 4.78 is 0. The number of piperidine rings is 1. The van der Waals surface area contributed by atoms with Gasteiger partial charge in [0.1, 0.15) is 5.82 Å². The number of nitrogens with two attached hydrogens (primary N) is 1. The summed E-state index contributed by atoms with van der Waals surface area (Å²) in [5, 5.41) is 0. The summed E-state index contributed by atoms with van der Waals surface area (Å²) >= 11 is 0. The zero-order valence-electron chi connectivity index (χ0n) is 9.52. The minimum Gasteiger partial charge on any atom is -0.384 e. The van der Waals surface area contributed by atoms with Gasteiger partial charge in [-0.1, -0.05) is 6.92 Å². The van der Waals surface area contributed by atoms with Gasteiger partial charge in [-0.2, -0.15) is 0 Å². The summed E-state index contributed by atoms with van der Waals surface area (Å²) in [7, 11) is 0. The number of nitrogens with zero attached hydrogens (tertiary/aromatic N) is 2. The number of amides is 1. The Hall–Kier alpha value is -1.58. The van der Waals surface area contributed by atoms with Crippen molar-refractivity contribution < 1.29 is 4.79 Å². The molecule has 2 N–H and O–H groups in total. The first-order valence-corrected chi connectivity index (χ1v) is 5.67. The molecule has 0 aliphatic carbocycles. The molecule has 0 aromatic carbocycles. The standard InChI is InChI=1S/C12H17N3O/c1-9-3-2-6-15(8-9)12(16)10-4-5-14-11(13)7-10/h4-5,7,9H,2-3,6,8H2,1H3,(H2,13,14). The lowest BCUT2D eigenvalue weighted by atomic mass is 9.99. The second-order valence-electron chi connectivity index (χ2n) is 4.47. The van der Waals surface area contributed by atoms with Gasteiger partial charge in [0, 0.05) is 24.8 Å². The number of hydrogen-bond acceptors (Lipinski definition) is 3. The molecular formula is C12H17N3O. The zero-order valence-corrected chi connectivity index (χ0v) is 9.52. The minimum absolute atomic E-state index is 0.0700. The molecule has 2 heterocycles. The van der Waals surface area contributed by atoms with E-state index in [0.29, 0.717) is 17.3 Å². The zero-order chi connectivity index (χ0) is 11.5. The molecular weight excluding hydrogens is 202 g/mol. The molecule has 1 aliphatic rings. The largest absolute Gasteiger partial charge is 0.384 e. The molecule has 1 unspecified atom stereocenters. The van der Waals surface area contributed by atoms with Gasteiger partial charge in [-0.15, -0.1) is 0 Å². The van der Waals surface area contributed by atoms with Crippen molar-refractivity contribution in [1.82, 2.24) is 9.88 Å². The van der Waals surface area contributed by atoms with Crippen LogP contribution in [0.1, 0.15) is 30.1 Å². The molecule has 0 bridgehead atoms. The average Bonchev–Trinajstić information content (AvgIpc) is 2.28. The van der Waals surface area contributed by atoms with E-state index in [2.05, 4.69) is 11.9 Å². The Morgan fingerprint density at radius 2 is 2.44 bits per heavy atom. The third-order valence-electron chi connectivity index (χ3n) is 2.97. The molecule has 1 aliphatic heterocycles. The predicted octanol–water partition coefficient (Wildman–Crippen LogP) is 1.54. The summed E-state index contributed by atoms with van der Waals surface area (Å²) in [5.74, 6) is 1.06.